The highest BCUT2D eigenvalue weighted by Crippen LogP contribution is 2.01. The minimum absolute atomic E-state index is 0. The lowest BCUT2D eigenvalue weighted by atomic mass is 10.2. The van der Waals surface area contributed by atoms with Gasteiger partial charge >= 0.3 is 0 Å². The number of aromatic nitrogens is 2. The van der Waals surface area contributed by atoms with Crippen LogP contribution in [0, 0.1) is 0 Å². The number of imidazole rings is 1. The van der Waals surface area contributed by atoms with Crippen LogP contribution in [-0.4, -0.2) is 4.57 Å². The maximum absolute atomic E-state index is 2.33. The molecular weight excluding hydrogens is 244 g/mol. The Labute approximate surface area is 119 Å². The van der Waals surface area contributed by atoms with Crippen molar-refractivity contribution in [1.82, 2.24) is 4.57 Å². The molecule has 0 bridgehead atoms. The van der Waals surface area contributed by atoms with Crippen LogP contribution >= 0.6 is 0 Å². The fraction of sp³-hybridized carbons (Fsp3) is 0.800. The van der Waals surface area contributed by atoms with Crippen molar-refractivity contribution in [3.8, 4) is 0 Å². The number of halogens is 1. The van der Waals surface area contributed by atoms with Gasteiger partial charge in [0.25, 0.3) is 0 Å². The molecule has 0 aliphatic heterocycles. The van der Waals surface area contributed by atoms with Crippen molar-refractivity contribution in [2.45, 2.75) is 78.3 Å². The Bertz CT molecular complexity index is 257. The quantitative estimate of drug-likeness (QED) is 0.443. The maximum atomic E-state index is 2.33. The summed E-state index contributed by atoms with van der Waals surface area (Å²) in [6.07, 6.45) is 17.4. The molecule has 0 aliphatic carbocycles. The zero-order valence-electron chi connectivity index (χ0n) is 12.1. The Balaban J connectivity index is 0.00000289. The Hall–Kier alpha value is -0.500. The molecule has 0 amide bonds. The molecule has 1 rings (SSSR count). The third kappa shape index (κ3) is 7.75. The molecule has 0 unspecified atom stereocenters. The smallest absolute Gasteiger partial charge is 0.243 e. The normalized spacial score (nSPS) is 10.3. The monoisotopic (exact) mass is 272 g/mol. The van der Waals surface area contributed by atoms with Crippen molar-refractivity contribution in [2.75, 3.05) is 0 Å². The molecule has 3 heteroatoms. The van der Waals surface area contributed by atoms with E-state index in [2.05, 4.69) is 41.7 Å². The Kier molecular flexibility index (Phi) is 11.3. The lowest BCUT2D eigenvalue weighted by molar-refractivity contribution is -0.696. The van der Waals surface area contributed by atoms with Gasteiger partial charge in [0, 0.05) is 0 Å². The first-order valence-electron chi connectivity index (χ1n) is 7.41. The van der Waals surface area contributed by atoms with Crippen molar-refractivity contribution in [1.29, 1.82) is 0 Å². The van der Waals surface area contributed by atoms with Crippen LogP contribution in [0.4, 0.5) is 0 Å². The first-order valence-corrected chi connectivity index (χ1v) is 7.41. The molecule has 0 atom stereocenters. The largest absolute Gasteiger partial charge is 1.00 e. The van der Waals surface area contributed by atoms with Gasteiger partial charge < -0.3 is 12.4 Å². The molecule has 2 nitrogen and oxygen atoms in total. The predicted molar refractivity (Wildman–Crippen MR) is 72.9 cm³/mol. The molecule has 0 radical (unpaired) electrons. The fourth-order valence-corrected chi connectivity index (χ4v) is 2.15. The van der Waals surface area contributed by atoms with Crippen LogP contribution in [0.1, 0.15) is 65.2 Å². The average Bonchev–Trinajstić information content (AvgIpc) is 2.78. The highest BCUT2D eigenvalue weighted by atomic mass is 35.5. The van der Waals surface area contributed by atoms with Gasteiger partial charge in [0.15, 0.2) is 0 Å². The Morgan fingerprint density at radius 3 is 2.22 bits per heavy atom. The first-order chi connectivity index (χ1) is 8.36. The third-order valence-corrected chi connectivity index (χ3v) is 3.29. The second-order valence-electron chi connectivity index (χ2n) is 5.01. The highest BCUT2D eigenvalue weighted by molar-refractivity contribution is 4.66. The van der Waals surface area contributed by atoms with E-state index >= 15 is 0 Å². The zero-order valence-corrected chi connectivity index (χ0v) is 12.8. The molecule has 0 fully saturated rings. The predicted octanol–water partition coefficient (Wildman–Crippen LogP) is 0.940. The van der Waals surface area contributed by atoms with Gasteiger partial charge in [-0.15, -0.1) is 0 Å². The van der Waals surface area contributed by atoms with Crippen molar-refractivity contribution in [3.05, 3.63) is 18.7 Å². The highest BCUT2D eigenvalue weighted by Gasteiger charge is 2.02. The van der Waals surface area contributed by atoms with Crippen molar-refractivity contribution in [2.24, 2.45) is 0 Å². The van der Waals surface area contributed by atoms with Gasteiger partial charge in [-0.2, -0.15) is 0 Å². The second kappa shape index (κ2) is 11.6. The topological polar surface area (TPSA) is 8.81 Å². The van der Waals surface area contributed by atoms with Gasteiger partial charge in [0.05, 0.1) is 13.1 Å². The molecule has 0 saturated heterocycles. The molecule has 1 aromatic heterocycles. The van der Waals surface area contributed by atoms with E-state index in [9.17, 15) is 0 Å². The Morgan fingerprint density at radius 2 is 1.56 bits per heavy atom. The van der Waals surface area contributed by atoms with Gasteiger partial charge in [-0.1, -0.05) is 39.5 Å². The minimum Gasteiger partial charge on any atom is -1.00 e. The summed E-state index contributed by atoms with van der Waals surface area (Å²) in [5.74, 6) is 0. The fourth-order valence-electron chi connectivity index (χ4n) is 2.15. The molecule has 1 heterocycles. The summed E-state index contributed by atoms with van der Waals surface area (Å²) in [7, 11) is 0. The summed E-state index contributed by atoms with van der Waals surface area (Å²) in [4.78, 5) is 0. The summed E-state index contributed by atoms with van der Waals surface area (Å²) >= 11 is 0. The van der Waals surface area contributed by atoms with Gasteiger partial charge in [0.2, 0.25) is 6.33 Å². The van der Waals surface area contributed by atoms with Crippen molar-refractivity contribution >= 4 is 0 Å². The van der Waals surface area contributed by atoms with E-state index in [0.29, 0.717) is 0 Å². The molecule has 0 aliphatic rings. The van der Waals surface area contributed by atoms with E-state index in [1.54, 1.807) is 0 Å². The number of nitrogens with zero attached hydrogens (tertiary/aromatic N) is 2. The molecule has 0 saturated carbocycles. The van der Waals surface area contributed by atoms with Crippen LogP contribution in [0.15, 0.2) is 18.7 Å². The van der Waals surface area contributed by atoms with Gasteiger partial charge in [-0.05, 0) is 25.7 Å². The standard InChI is InChI=1S/C15H29N2.ClH/c1-3-5-7-9-11-16-13-14-17(15-16)12-10-8-6-4-2;/h13-15H,3-12H2,1-2H3;1H/q+1;/p-1. The number of aryl methyl sites for hydroxylation is 2. The van der Waals surface area contributed by atoms with E-state index in [-0.39, 0.29) is 12.4 Å². The second-order valence-corrected chi connectivity index (χ2v) is 5.01. The van der Waals surface area contributed by atoms with E-state index < -0.39 is 0 Å². The van der Waals surface area contributed by atoms with Gasteiger partial charge in [-0.25, -0.2) is 9.13 Å². The van der Waals surface area contributed by atoms with Crippen LogP contribution in [0.3, 0.4) is 0 Å². The molecule has 0 spiro atoms. The molecule has 106 valence electrons. The van der Waals surface area contributed by atoms with Crippen LogP contribution in [0.25, 0.3) is 0 Å². The van der Waals surface area contributed by atoms with Crippen molar-refractivity contribution in [3.63, 3.8) is 0 Å². The van der Waals surface area contributed by atoms with Gasteiger partial charge in [0.1, 0.15) is 12.4 Å². The summed E-state index contributed by atoms with van der Waals surface area (Å²) < 4.78 is 4.66. The van der Waals surface area contributed by atoms with Crippen LogP contribution in [0.5, 0.6) is 0 Å². The van der Waals surface area contributed by atoms with Crippen molar-refractivity contribution < 1.29 is 17.0 Å². The van der Waals surface area contributed by atoms with Crippen LogP contribution in [-0.2, 0) is 13.1 Å². The summed E-state index contributed by atoms with van der Waals surface area (Å²) in [5.41, 5.74) is 0. The molecular formula is C15H29ClN2. The summed E-state index contributed by atoms with van der Waals surface area (Å²) in [6, 6.07) is 0. The molecule has 1 aromatic rings. The van der Waals surface area contributed by atoms with E-state index in [0.717, 1.165) is 0 Å². The third-order valence-electron chi connectivity index (χ3n) is 3.29. The van der Waals surface area contributed by atoms with E-state index in [1.165, 1.54) is 64.5 Å². The molecule has 0 aromatic carbocycles. The summed E-state index contributed by atoms with van der Waals surface area (Å²) in [5, 5.41) is 0. The lowest BCUT2D eigenvalue weighted by Crippen LogP contribution is -3.00. The number of hydrogen-bond donors (Lipinski definition) is 0. The summed E-state index contributed by atoms with van der Waals surface area (Å²) in [6.45, 7) is 6.89. The SMILES string of the molecule is CCCCCCn1cc[n+](CCCCCC)c1.[Cl-]. The van der Waals surface area contributed by atoms with Gasteiger partial charge in [-0.3, -0.25) is 0 Å². The van der Waals surface area contributed by atoms with E-state index in [4.69, 9.17) is 0 Å². The minimum atomic E-state index is 0. The molecule has 0 N–H and O–H groups in total. The van der Waals surface area contributed by atoms with Crippen LogP contribution in [0.2, 0.25) is 0 Å². The number of rotatable bonds is 10. The maximum Gasteiger partial charge on any atom is 0.243 e. The van der Waals surface area contributed by atoms with Crippen LogP contribution < -0.4 is 17.0 Å². The Morgan fingerprint density at radius 1 is 0.889 bits per heavy atom. The lowest BCUT2D eigenvalue weighted by Gasteiger charge is -1.97. The van der Waals surface area contributed by atoms with E-state index in [1.807, 2.05) is 0 Å². The average molecular weight is 273 g/mol. The molecule has 18 heavy (non-hydrogen) atoms. The first kappa shape index (κ1) is 17.5. The zero-order chi connectivity index (χ0) is 12.3. The number of hydrogen-bond acceptors (Lipinski definition) is 0. The number of unbranched alkanes of at least 4 members (excludes halogenated alkanes) is 6.